The van der Waals surface area contributed by atoms with Crippen molar-refractivity contribution < 1.29 is 13.2 Å². The van der Waals surface area contributed by atoms with E-state index in [0.717, 1.165) is 11.4 Å². The molecule has 0 saturated carbocycles. The molecule has 2 N–H and O–H groups in total. The van der Waals surface area contributed by atoms with Gasteiger partial charge in [0.05, 0.1) is 0 Å². The summed E-state index contributed by atoms with van der Waals surface area (Å²) >= 11 is 0. The van der Waals surface area contributed by atoms with Crippen LogP contribution in [0.5, 0.6) is 0 Å². The highest BCUT2D eigenvalue weighted by molar-refractivity contribution is 7.27. The van der Waals surface area contributed by atoms with Crippen molar-refractivity contribution in [3.8, 4) is 0 Å². The van der Waals surface area contributed by atoms with Crippen molar-refractivity contribution in [2.24, 2.45) is 5.73 Å². The quantitative estimate of drug-likeness (QED) is 0.391. The molecular formula is C18H15F3NP. The lowest BCUT2D eigenvalue weighted by atomic mass is 9.94. The van der Waals surface area contributed by atoms with Crippen LogP contribution in [0.15, 0.2) is 54.4 Å². The highest BCUT2D eigenvalue weighted by atomic mass is 31.0. The van der Waals surface area contributed by atoms with Gasteiger partial charge in [-0.05, 0) is 23.9 Å². The van der Waals surface area contributed by atoms with Gasteiger partial charge in [-0.3, -0.25) is 0 Å². The second-order valence-corrected chi connectivity index (χ2v) is 5.63. The Morgan fingerprint density at radius 2 is 1.78 bits per heavy atom. The number of rotatable bonds is 3. The van der Waals surface area contributed by atoms with Crippen LogP contribution in [-0.2, 0) is 0 Å². The van der Waals surface area contributed by atoms with Gasteiger partial charge in [0, 0.05) is 28.5 Å². The second kappa shape index (κ2) is 6.87. The molecule has 1 atom stereocenters. The lowest BCUT2D eigenvalue weighted by Crippen LogP contribution is -2.07. The molecule has 5 heteroatoms. The van der Waals surface area contributed by atoms with Gasteiger partial charge in [0.1, 0.15) is 5.82 Å². The number of halogens is 3. The zero-order valence-corrected chi connectivity index (χ0v) is 13.6. The number of hydrogen-bond donors (Lipinski definition) is 1. The maximum absolute atomic E-state index is 14.4. The number of allylic oxidation sites excluding steroid dienone is 1. The van der Waals surface area contributed by atoms with E-state index in [4.69, 9.17) is 5.73 Å². The largest absolute Gasteiger partial charge is 0.398 e. The molecule has 0 fully saturated rings. The van der Waals surface area contributed by atoms with Crippen molar-refractivity contribution >= 4 is 20.1 Å². The molecule has 0 heterocycles. The Morgan fingerprint density at radius 3 is 2.35 bits per heavy atom. The first-order valence-corrected chi connectivity index (χ1v) is 7.30. The van der Waals surface area contributed by atoms with E-state index in [0.29, 0.717) is 5.56 Å². The van der Waals surface area contributed by atoms with E-state index >= 15 is 0 Å². The summed E-state index contributed by atoms with van der Waals surface area (Å²) < 4.78 is 42.2. The molecule has 0 aliphatic rings. The Hall–Kier alpha value is -2.28. The lowest BCUT2D eigenvalue weighted by molar-refractivity contribution is 0.484. The third kappa shape index (κ3) is 3.39. The third-order valence-corrected chi connectivity index (χ3v) is 3.79. The summed E-state index contributed by atoms with van der Waals surface area (Å²) in [6, 6.07) is 7.86. The van der Waals surface area contributed by atoms with Gasteiger partial charge in [-0.25, -0.2) is 13.2 Å². The van der Waals surface area contributed by atoms with Gasteiger partial charge in [-0.1, -0.05) is 30.8 Å². The van der Waals surface area contributed by atoms with Crippen LogP contribution in [0, 0.1) is 24.4 Å². The molecule has 118 valence electrons. The minimum absolute atomic E-state index is 0.109. The van der Waals surface area contributed by atoms with Crippen molar-refractivity contribution in [3.05, 3.63) is 88.6 Å². The first-order valence-electron chi connectivity index (χ1n) is 6.72. The Kier molecular flexibility index (Phi) is 5.10. The molecule has 0 saturated heterocycles. The van der Waals surface area contributed by atoms with Crippen molar-refractivity contribution in [2.75, 3.05) is 0 Å². The Balaban J connectivity index is 2.82. The van der Waals surface area contributed by atoms with E-state index in [2.05, 4.69) is 21.5 Å². The monoisotopic (exact) mass is 333 g/mol. The highest BCUT2D eigenvalue weighted by Crippen LogP contribution is 2.31. The van der Waals surface area contributed by atoms with Gasteiger partial charge in [-0.15, -0.1) is 15.0 Å². The average molecular weight is 333 g/mol. The fourth-order valence-corrected chi connectivity index (χ4v) is 2.37. The van der Waals surface area contributed by atoms with E-state index in [1.807, 2.05) is 0 Å². The molecule has 1 unspecified atom stereocenters. The minimum atomic E-state index is -1.23. The predicted octanol–water partition coefficient (Wildman–Crippen LogP) is 3.97. The van der Waals surface area contributed by atoms with E-state index in [9.17, 15) is 13.2 Å². The van der Waals surface area contributed by atoms with Crippen LogP contribution >= 0.6 is 9.24 Å². The minimum Gasteiger partial charge on any atom is -0.398 e. The average Bonchev–Trinajstić information content (AvgIpc) is 2.52. The maximum atomic E-state index is 14.4. The molecule has 0 spiro atoms. The molecule has 0 aliphatic carbocycles. The maximum Gasteiger partial charge on any atom is 0.167 e. The number of nitrogens with two attached hydrogens (primary N) is 1. The molecular weight excluding hydrogens is 318 g/mol. The summed E-state index contributed by atoms with van der Waals surface area (Å²) in [4.78, 5) is 0. The zero-order chi connectivity index (χ0) is 17.1. The molecule has 0 amide bonds. The third-order valence-electron chi connectivity index (χ3n) is 3.40. The molecule has 0 radical (unpaired) electrons. The van der Waals surface area contributed by atoms with Crippen LogP contribution < -0.4 is 11.0 Å². The van der Waals surface area contributed by atoms with Crippen LogP contribution in [0.2, 0.25) is 0 Å². The normalized spacial score (nSPS) is 11.7. The molecule has 0 bridgehead atoms. The molecule has 23 heavy (non-hydrogen) atoms. The highest BCUT2D eigenvalue weighted by Gasteiger charge is 2.21. The van der Waals surface area contributed by atoms with Gasteiger partial charge >= 0.3 is 0 Å². The van der Waals surface area contributed by atoms with Crippen molar-refractivity contribution in [3.63, 3.8) is 0 Å². The summed E-state index contributed by atoms with van der Waals surface area (Å²) in [5.74, 6) is -3.21. The van der Waals surface area contributed by atoms with Crippen molar-refractivity contribution in [1.82, 2.24) is 0 Å². The Labute approximate surface area is 135 Å². The fourth-order valence-electron chi connectivity index (χ4n) is 2.18. The van der Waals surface area contributed by atoms with E-state index in [-0.39, 0.29) is 22.4 Å². The number of benzene rings is 2. The van der Waals surface area contributed by atoms with Crippen molar-refractivity contribution in [1.29, 1.82) is 0 Å². The van der Waals surface area contributed by atoms with E-state index < -0.39 is 17.5 Å². The molecule has 2 rings (SSSR count). The molecule has 0 aromatic heterocycles. The zero-order valence-electron chi connectivity index (χ0n) is 12.5. The van der Waals surface area contributed by atoms with Gasteiger partial charge in [0.2, 0.25) is 0 Å². The van der Waals surface area contributed by atoms with Crippen LogP contribution in [0.3, 0.4) is 0 Å². The van der Waals surface area contributed by atoms with Crippen LogP contribution in [0.1, 0.15) is 16.7 Å². The summed E-state index contributed by atoms with van der Waals surface area (Å²) in [5.41, 5.74) is 8.63. The molecule has 0 aliphatic heterocycles. The summed E-state index contributed by atoms with van der Waals surface area (Å²) in [5, 5.41) is 0.910. The predicted molar refractivity (Wildman–Crippen MR) is 90.8 cm³/mol. The smallest absolute Gasteiger partial charge is 0.167 e. The van der Waals surface area contributed by atoms with Crippen LogP contribution in [-0.4, -0.2) is 0 Å². The summed E-state index contributed by atoms with van der Waals surface area (Å²) in [6.45, 7) is 4.59. The summed E-state index contributed by atoms with van der Waals surface area (Å²) in [7, 11) is 2.52. The van der Waals surface area contributed by atoms with Crippen LogP contribution in [0.4, 0.5) is 13.2 Å². The van der Waals surface area contributed by atoms with E-state index in [1.54, 1.807) is 24.3 Å². The van der Waals surface area contributed by atoms with Crippen molar-refractivity contribution in [2.45, 2.75) is 6.92 Å². The molecule has 2 aromatic rings. The Morgan fingerprint density at radius 1 is 1.17 bits per heavy atom. The van der Waals surface area contributed by atoms with Crippen LogP contribution in [0.25, 0.3) is 5.57 Å². The summed E-state index contributed by atoms with van der Waals surface area (Å²) in [6.07, 6.45) is 1.33. The standard InChI is InChI=1S/C18H15F3NP/c1-3-4-15(22)16(11-5-7-12(23)8-6-11)13-9-14(19)10(2)17(20)18(13)21/h4-9H,1,22-23H2,2H3/b16-15+. The SMILES string of the molecule is C=C=C/C(N)=C(/c1ccc(P)cc1)c1cc(F)c(C)c(F)c1F. The molecule has 2 aromatic carbocycles. The lowest BCUT2D eigenvalue weighted by Gasteiger charge is -2.14. The molecule has 1 nitrogen and oxygen atoms in total. The fraction of sp³-hybridized carbons (Fsp3) is 0.0556. The Bertz CT molecular complexity index is 832. The second-order valence-electron chi connectivity index (χ2n) is 4.96. The van der Waals surface area contributed by atoms with Gasteiger partial charge in [0.25, 0.3) is 0 Å². The van der Waals surface area contributed by atoms with Gasteiger partial charge < -0.3 is 5.73 Å². The number of hydrogen-bond acceptors (Lipinski definition) is 1. The first-order chi connectivity index (χ1) is 10.9. The van der Waals surface area contributed by atoms with E-state index in [1.165, 1.54) is 13.0 Å². The van der Waals surface area contributed by atoms with Gasteiger partial charge in [0.15, 0.2) is 11.6 Å². The van der Waals surface area contributed by atoms with Gasteiger partial charge in [-0.2, -0.15) is 0 Å². The topological polar surface area (TPSA) is 26.0 Å². The first kappa shape index (κ1) is 17.1.